The number of aromatic amines is 1. The molecule has 26 heavy (non-hydrogen) atoms. The van der Waals surface area contributed by atoms with E-state index in [9.17, 15) is 0 Å². The van der Waals surface area contributed by atoms with Gasteiger partial charge < -0.3 is 20.4 Å². The number of hydrogen-bond acceptors (Lipinski definition) is 7. The zero-order chi connectivity index (χ0) is 17.5. The number of ether oxygens (including phenoxy) is 1. The van der Waals surface area contributed by atoms with Gasteiger partial charge >= 0.3 is 0 Å². The Morgan fingerprint density at radius 1 is 1.31 bits per heavy atom. The summed E-state index contributed by atoms with van der Waals surface area (Å²) in [6.07, 6.45) is 7.29. The highest BCUT2D eigenvalue weighted by Crippen LogP contribution is 2.35. The summed E-state index contributed by atoms with van der Waals surface area (Å²) in [5, 5.41) is 16.1. The lowest BCUT2D eigenvalue weighted by Crippen LogP contribution is -2.18. The Labute approximate surface area is 150 Å². The second-order valence-corrected chi connectivity index (χ2v) is 7.13. The first-order valence-electron chi connectivity index (χ1n) is 9.14. The lowest BCUT2D eigenvalue weighted by atomic mass is 10.2. The third-order valence-electron chi connectivity index (χ3n) is 5.14. The lowest BCUT2D eigenvalue weighted by molar-refractivity contribution is 0.184. The second kappa shape index (κ2) is 6.24. The highest BCUT2D eigenvalue weighted by molar-refractivity contribution is 5.88. The van der Waals surface area contributed by atoms with Crippen LogP contribution in [-0.4, -0.2) is 49.2 Å². The zero-order valence-corrected chi connectivity index (χ0v) is 14.6. The third kappa shape index (κ3) is 2.98. The van der Waals surface area contributed by atoms with E-state index in [1.165, 1.54) is 12.8 Å². The monoisotopic (exact) mass is 354 g/mol. The molecular formula is C17H22N8O. The summed E-state index contributed by atoms with van der Waals surface area (Å²) in [7, 11) is 0. The number of hydrogen-bond donors (Lipinski definition) is 3. The standard InChI is InChI=1S/C17H22N8O/c1-10(11-2-3-11)19-16-13-4-6-18-15(13)21-17(22-16)20-14-8-25(24-23-14)12-5-7-26-9-12/h4,6,8,10-12H,2-3,5,7,9H2,1H3,(H3,18,19,20,21,22)/t10-,12+/m0/s1. The van der Waals surface area contributed by atoms with Crippen LogP contribution < -0.4 is 10.6 Å². The molecular weight excluding hydrogens is 332 g/mol. The van der Waals surface area contributed by atoms with Crippen LogP contribution >= 0.6 is 0 Å². The maximum atomic E-state index is 5.41. The minimum atomic E-state index is 0.251. The average molecular weight is 354 g/mol. The number of anilines is 3. The largest absolute Gasteiger partial charge is 0.379 e. The van der Waals surface area contributed by atoms with Crippen LogP contribution in [0.2, 0.25) is 0 Å². The van der Waals surface area contributed by atoms with Crippen molar-refractivity contribution in [1.82, 2.24) is 29.9 Å². The number of aromatic nitrogens is 6. The molecule has 4 heterocycles. The Kier molecular flexibility index (Phi) is 3.74. The summed E-state index contributed by atoms with van der Waals surface area (Å²) in [4.78, 5) is 12.4. The summed E-state index contributed by atoms with van der Waals surface area (Å²) < 4.78 is 7.25. The van der Waals surface area contributed by atoms with Gasteiger partial charge in [0.1, 0.15) is 11.5 Å². The van der Waals surface area contributed by atoms with E-state index in [0.29, 0.717) is 24.4 Å². The van der Waals surface area contributed by atoms with Crippen LogP contribution in [0.4, 0.5) is 17.6 Å². The van der Waals surface area contributed by atoms with E-state index in [-0.39, 0.29) is 6.04 Å². The van der Waals surface area contributed by atoms with Gasteiger partial charge in [-0.3, -0.25) is 0 Å². The quantitative estimate of drug-likeness (QED) is 0.624. The van der Waals surface area contributed by atoms with E-state index in [1.807, 2.05) is 23.1 Å². The van der Waals surface area contributed by atoms with Crippen LogP contribution in [0.1, 0.15) is 32.2 Å². The van der Waals surface area contributed by atoms with Gasteiger partial charge in [-0.15, -0.1) is 5.10 Å². The van der Waals surface area contributed by atoms with Gasteiger partial charge in [-0.2, -0.15) is 9.97 Å². The maximum Gasteiger partial charge on any atom is 0.232 e. The van der Waals surface area contributed by atoms with Crippen LogP contribution in [0.3, 0.4) is 0 Å². The summed E-state index contributed by atoms with van der Waals surface area (Å²) in [5.41, 5.74) is 0.796. The van der Waals surface area contributed by atoms with Crippen molar-refractivity contribution in [3.05, 3.63) is 18.5 Å². The number of rotatable bonds is 6. The fraction of sp³-hybridized carbons (Fsp3) is 0.529. The van der Waals surface area contributed by atoms with Gasteiger partial charge in [0, 0.05) is 18.8 Å². The smallest absolute Gasteiger partial charge is 0.232 e. The van der Waals surface area contributed by atoms with Crippen molar-refractivity contribution < 1.29 is 4.74 Å². The van der Waals surface area contributed by atoms with E-state index >= 15 is 0 Å². The van der Waals surface area contributed by atoms with Gasteiger partial charge in [-0.25, -0.2) is 4.68 Å². The molecule has 1 aliphatic carbocycles. The Morgan fingerprint density at radius 3 is 3.04 bits per heavy atom. The van der Waals surface area contributed by atoms with Crippen LogP contribution in [0.25, 0.3) is 11.0 Å². The first kappa shape index (κ1) is 15.6. The minimum Gasteiger partial charge on any atom is -0.379 e. The van der Waals surface area contributed by atoms with Gasteiger partial charge in [0.05, 0.1) is 24.2 Å². The Morgan fingerprint density at radius 2 is 2.23 bits per heavy atom. The Bertz CT molecular complexity index is 909. The summed E-state index contributed by atoms with van der Waals surface area (Å²) >= 11 is 0. The van der Waals surface area contributed by atoms with Crippen molar-refractivity contribution in [3.8, 4) is 0 Å². The summed E-state index contributed by atoms with van der Waals surface area (Å²) in [6.45, 7) is 3.66. The first-order valence-corrected chi connectivity index (χ1v) is 9.14. The molecule has 3 N–H and O–H groups in total. The van der Waals surface area contributed by atoms with E-state index in [0.717, 1.165) is 35.8 Å². The molecule has 2 fully saturated rings. The van der Waals surface area contributed by atoms with E-state index in [1.54, 1.807) is 0 Å². The fourth-order valence-corrected chi connectivity index (χ4v) is 3.39. The fourth-order valence-electron chi connectivity index (χ4n) is 3.39. The second-order valence-electron chi connectivity index (χ2n) is 7.13. The normalized spacial score (nSPS) is 21.2. The highest BCUT2D eigenvalue weighted by atomic mass is 16.5. The molecule has 9 nitrogen and oxygen atoms in total. The molecule has 0 bridgehead atoms. The summed E-state index contributed by atoms with van der Waals surface area (Å²) in [6, 6.07) is 2.65. The van der Waals surface area contributed by atoms with Crippen molar-refractivity contribution in [2.45, 2.75) is 38.3 Å². The molecule has 0 aromatic carbocycles. The Balaban J connectivity index is 1.39. The van der Waals surface area contributed by atoms with Gasteiger partial charge in [0.2, 0.25) is 5.95 Å². The van der Waals surface area contributed by atoms with Crippen LogP contribution in [0.5, 0.6) is 0 Å². The van der Waals surface area contributed by atoms with Crippen molar-refractivity contribution in [2.75, 3.05) is 23.8 Å². The molecule has 5 rings (SSSR count). The van der Waals surface area contributed by atoms with Gasteiger partial charge in [-0.1, -0.05) is 5.21 Å². The van der Waals surface area contributed by atoms with E-state index in [2.05, 4.69) is 42.8 Å². The molecule has 1 saturated carbocycles. The Hall–Kier alpha value is -2.68. The SMILES string of the molecule is C[C@H](Nc1nc(Nc2cn([C@@H]3CCOC3)nn2)nc2[nH]ccc12)C1CC1. The maximum absolute atomic E-state index is 5.41. The molecule has 3 aromatic rings. The molecule has 0 unspecified atom stereocenters. The first-order chi connectivity index (χ1) is 12.8. The van der Waals surface area contributed by atoms with Crippen LogP contribution in [0.15, 0.2) is 18.5 Å². The molecule has 1 saturated heterocycles. The van der Waals surface area contributed by atoms with Crippen molar-refractivity contribution in [3.63, 3.8) is 0 Å². The predicted octanol–water partition coefficient (Wildman–Crippen LogP) is 2.46. The molecule has 1 aliphatic heterocycles. The average Bonchev–Trinajstić information content (AvgIpc) is 3.05. The van der Waals surface area contributed by atoms with Crippen molar-refractivity contribution in [1.29, 1.82) is 0 Å². The molecule has 0 spiro atoms. The zero-order valence-electron chi connectivity index (χ0n) is 14.6. The topological polar surface area (TPSA) is 106 Å². The number of nitrogens with one attached hydrogen (secondary N) is 3. The van der Waals surface area contributed by atoms with Crippen molar-refractivity contribution >= 4 is 28.6 Å². The van der Waals surface area contributed by atoms with Gasteiger partial charge in [0.25, 0.3) is 0 Å². The molecule has 0 amide bonds. The lowest BCUT2D eigenvalue weighted by Gasteiger charge is -2.15. The molecule has 2 atom stereocenters. The highest BCUT2D eigenvalue weighted by Gasteiger charge is 2.28. The minimum absolute atomic E-state index is 0.251. The third-order valence-corrected chi connectivity index (χ3v) is 5.14. The van der Waals surface area contributed by atoms with Gasteiger partial charge in [-0.05, 0) is 38.2 Å². The molecule has 3 aromatic heterocycles. The molecule has 9 heteroatoms. The van der Waals surface area contributed by atoms with E-state index < -0.39 is 0 Å². The molecule has 136 valence electrons. The van der Waals surface area contributed by atoms with E-state index in [4.69, 9.17) is 4.74 Å². The van der Waals surface area contributed by atoms with Gasteiger partial charge in [0.15, 0.2) is 5.82 Å². The predicted molar refractivity (Wildman–Crippen MR) is 97.5 cm³/mol. The van der Waals surface area contributed by atoms with Crippen LogP contribution in [0, 0.1) is 5.92 Å². The number of fused-ring (bicyclic) bond motifs is 1. The van der Waals surface area contributed by atoms with Crippen molar-refractivity contribution in [2.24, 2.45) is 5.92 Å². The number of H-pyrrole nitrogens is 1. The molecule has 2 aliphatic rings. The van der Waals surface area contributed by atoms with Crippen LogP contribution in [-0.2, 0) is 4.74 Å². The molecule has 0 radical (unpaired) electrons. The number of nitrogens with zero attached hydrogens (tertiary/aromatic N) is 5. The summed E-state index contributed by atoms with van der Waals surface area (Å²) in [5.74, 6) is 2.71.